The average Bonchev–Trinajstić information content (AvgIpc) is 2.54. The molecule has 0 N–H and O–H groups in total. The van der Waals surface area contributed by atoms with Crippen molar-refractivity contribution in [1.29, 1.82) is 0 Å². The molecule has 2 heteroatoms. The molecular formula is C11H15NS. The van der Waals surface area contributed by atoms with E-state index >= 15 is 0 Å². The molecule has 13 heavy (non-hydrogen) atoms. The van der Waals surface area contributed by atoms with Gasteiger partial charge in [-0.1, -0.05) is 20.3 Å². The van der Waals surface area contributed by atoms with Crippen molar-refractivity contribution in [1.82, 2.24) is 4.98 Å². The summed E-state index contributed by atoms with van der Waals surface area (Å²) in [5.41, 5.74) is 2.44. The fraction of sp³-hybridized carbons (Fsp3) is 0.364. The second-order valence-corrected chi connectivity index (χ2v) is 3.89. The minimum atomic E-state index is 1.12. The summed E-state index contributed by atoms with van der Waals surface area (Å²) in [6, 6.07) is 4.09. The molecule has 0 amide bonds. The Morgan fingerprint density at radius 1 is 1.31 bits per heavy atom. The van der Waals surface area contributed by atoms with Gasteiger partial charge in [-0.15, -0.1) is 11.3 Å². The molecule has 0 bridgehead atoms. The third-order valence-electron chi connectivity index (χ3n) is 1.54. The largest absolute Gasteiger partial charge is 0.255 e. The van der Waals surface area contributed by atoms with E-state index < -0.39 is 0 Å². The molecule has 2 aromatic rings. The van der Waals surface area contributed by atoms with E-state index in [1.54, 1.807) is 11.3 Å². The second-order valence-electron chi connectivity index (χ2n) is 2.97. The standard InChI is InChI=1S/C8H7NS.C3H8/c1-6-2-4-9-7-3-5-10-8(6)7;1-3-2/h2-5H,1H3;3H2,1-2H3. The number of rotatable bonds is 0. The van der Waals surface area contributed by atoms with E-state index in [0.717, 1.165) is 5.52 Å². The van der Waals surface area contributed by atoms with Gasteiger partial charge in [0, 0.05) is 6.20 Å². The van der Waals surface area contributed by atoms with Gasteiger partial charge in [-0.3, -0.25) is 4.98 Å². The SMILES string of the molecule is CCC.Cc1ccnc2ccsc12. The molecule has 0 unspecified atom stereocenters. The van der Waals surface area contributed by atoms with Crippen LogP contribution < -0.4 is 0 Å². The number of aromatic nitrogens is 1. The first-order valence-corrected chi connectivity index (χ1v) is 5.46. The summed E-state index contributed by atoms with van der Waals surface area (Å²) >= 11 is 1.75. The van der Waals surface area contributed by atoms with Crippen molar-refractivity contribution >= 4 is 21.6 Å². The molecule has 0 saturated carbocycles. The molecular weight excluding hydrogens is 178 g/mol. The van der Waals surface area contributed by atoms with Crippen LogP contribution in [0.5, 0.6) is 0 Å². The Balaban J connectivity index is 0.000000251. The topological polar surface area (TPSA) is 12.9 Å². The molecule has 0 aliphatic rings. The van der Waals surface area contributed by atoms with Crippen LogP contribution in [0.15, 0.2) is 23.7 Å². The Kier molecular flexibility index (Phi) is 3.90. The first-order valence-electron chi connectivity index (χ1n) is 4.58. The lowest BCUT2D eigenvalue weighted by molar-refractivity contribution is 1.09. The first-order chi connectivity index (χ1) is 6.29. The van der Waals surface area contributed by atoms with Gasteiger partial charge in [-0.2, -0.15) is 0 Å². The normalized spacial score (nSPS) is 9.46. The zero-order chi connectivity index (χ0) is 9.68. The molecule has 0 spiro atoms. The predicted molar refractivity (Wildman–Crippen MR) is 60.3 cm³/mol. The van der Waals surface area contributed by atoms with Crippen LogP contribution in [0.25, 0.3) is 10.2 Å². The van der Waals surface area contributed by atoms with Crippen LogP contribution in [-0.4, -0.2) is 4.98 Å². The van der Waals surface area contributed by atoms with Crippen molar-refractivity contribution in [2.24, 2.45) is 0 Å². The lowest BCUT2D eigenvalue weighted by atomic mass is 10.3. The smallest absolute Gasteiger partial charge is 0.0812 e. The maximum Gasteiger partial charge on any atom is 0.0812 e. The second kappa shape index (κ2) is 4.97. The Labute approximate surface area is 83.4 Å². The Morgan fingerprint density at radius 2 is 2.00 bits per heavy atom. The number of pyridine rings is 1. The van der Waals surface area contributed by atoms with E-state index in [1.807, 2.05) is 18.3 Å². The van der Waals surface area contributed by atoms with Gasteiger partial charge in [0.05, 0.1) is 10.2 Å². The van der Waals surface area contributed by atoms with E-state index in [1.165, 1.54) is 16.7 Å². The van der Waals surface area contributed by atoms with Crippen molar-refractivity contribution < 1.29 is 0 Å². The molecule has 2 rings (SSSR count). The summed E-state index contributed by atoms with van der Waals surface area (Å²) in [5.74, 6) is 0. The van der Waals surface area contributed by atoms with Crippen molar-refractivity contribution in [3.63, 3.8) is 0 Å². The summed E-state index contributed by atoms with van der Waals surface area (Å²) in [5, 5.41) is 2.07. The van der Waals surface area contributed by atoms with E-state index in [2.05, 4.69) is 31.1 Å². The molecule has 0 atom stereocenters. The van der Waals surface area contributed by atoms with Crippen molar-refractivity contribution in [2.75, 3.05) is 0 Å². The number of aryl methyl sites for hydroxylation is 1. The van der Waals surface area contributed by atoms with Crippen molar-refractivity contribution in [3.05, 3.63) is 29.3 Å². The number of fused-ring (bicyclic) bond motifs is 1. The van der Waals surface area contributed by atoms with Gasteiger partial charge in [0.25, 0.3) is 0 Å². The summed E-state index contributed by atoms with van der Waals surface area (Å²) in [6.45, 7) is 6.36. The molecule has 0 saturated heterocycles. The van der Waals surface area contributed by atoms with Gasteiger partial charge in [-0.05, 0) is 30.0 Å². The molecule has 2 heterocycles. The zero-order valence-corrected chi connectivity index (χ0v) is 9.19. The lowest BCUT2D eigenvalue weighted by Crippen LogP contribution is -1.73. The summed E-state index contributed by atoms with van der Waals surface area (Å²) in [4.78, 5) is 4.21. The molecule has 0 aliphatic heterocycles. The van der Waals surface area contributed by atoms with Crippen LogP contribution in [0.4, 0.5) is 0 Å². The minimum Gasteiger partial charge on any atom is -0.255 e. The summed E-state index contributed by atoms with van der Waals surface area (Å²) < 4.78 is 1.31. The minimum absolute atomic E-state index is 1.12. The van der Waals surface area contributed by atoms with Gasteiger partial charge in [-0.25, -0.2) is 0 Å². The average molecular weight is 193 g/mol. The summed E-state index contributed by atoms with van der Waals surface area (Å²) in [7, 11) is 0. The van der Waals surface area contributed by atoms with Crippen molar-refractivity contribution in [3.8, 4) is 0 Å². The maximum absolute atomic E-state index is 4.21. The molecule has 0 fully saturated rings. The number of hydrogen-bond acceptors (Lipinski definition) is 2. The Morgan fingerprint density at radius 3 is 2.62 bits per heavy atom. The van der Waals surface area contributed by atoms with Crippen molar-refractivity contribution in [2.45, 2.75) is 27.2 Å². The highest BCUT2D eigenvalue weighted by Crippen LogP contribution is 2.21. The van der Waals surface area contributed by atoms with Gasteiger partial charge in [0.1, 0.15) is 0 Å². The first kappa shape index (κ1) is 10.2. The zero-order valence-electron chi connectivity index (χ0n) is 8.37. The van der Waals surface area contributed by atoms with Crippen LogP contribution in [-0.2, 0) is 0 Å². The fourth-order valence-corrected chi connectivity index (χ4v) is 1.83. The molecule has 2 aromatic heterocycles. The van der Waals surface area contributed by atoms with Crippen LogP contribution >= 0.6 is 11.3 Å². The van der Waals surface area contributed by atoms with Crippen LogP contribution in [0.1, 0.15) is 25.8 Å². The van der Waals surface area contributed by atoms with Gasteiger partial charge >= 0.3 is 0 Å². The Bertz CT molecular complexity index is 365. The molecule has 0 aliphatic carbocycles. The van der Waals surface area contributed by atoms with Gasteiger partial charge in [0.15, 0.2) is 0 Å². The highest BCUT2D eigenvalue weighted by molar-refractivity contribution is 7.17. The molecule has 0 radical (unpaired) electrons. The molecule has 1 nitrogen and oxygen atoms in total. The number of nitrogens with zero attached hydrogens (tertiary/aromatic N) is 1. The van der Waals surface area contributed by atoms with Crippen LogP contribution in [0.3, 0.4) is 0 Å². The maximum atomic E-state index is 4.21. The van der Waals surface area contributed by atoms with Gasteiger partial charge in [0.2, 0.25) is 0 Å². The molecule has 0 aromatic carbocycles. The van der Waals surface area contributed by atoms with Crippen LogP contribution in [0.2, 0.25) is 0 Å². The van der Waals surface area contributed by atoms with E-state index in [9.17, 15) is 0 Å². The third kappa shape index (κ3) is 2.52. The monoisotopic (exact) mass is 193 g/mol. The highest BCUT2D eigenvalue weighted by Gasteiger charge is 1.96. The van der Waals surface area contributed by atoms with Crippen LogP contribution in [0, 0.1) is 6.92 Å². The predicted octanol–water partition coefficient (Wildman–Crippen LogP) is 4.02. The lowest BCUT2D eigenvalue weighted by Gasteiger charge is -1.90. The van der Waals surface area contributed by atoms with E-state index in [0.29, 0.717) is 0 Å². The van der Waals surface area contributed by atoms with E-state index in [4.69, 9.17) is 0 Å². The highest BCUT2D eigenvalue weighted by atomic mass is 32.1. The van der Waals surface area contributed by atoms with E-state index in [-0.39, 0.29) is 0 Å². The molecule has 70 valence electrons. The third-order valence-corrected chi connectivity index (χ3v) is 2.58. The number of hydrogen-bond donors (Lipinski definition) is 0. The number of thiophene rings is 1. The Hall–Kier alpha value is -0.890. The summed E-state index contributed by atoms with van der Waals surface area (Å²) in [6.07, 6.45) is 3.10. The quantitative estimate of drug-likeness (QED) is 0.615. The van der Waals surface area contributed by atoms with Gasteiger partial charge < -0.3 is 0 Å². The fourth-order valence-electron chi connectivity index (χ4n) is 1.00.